The van der Waals surface area contributed by atoms with Gasteiger partial charge in [-0.1, -0.05) is 43.7 Å². The van der Waals surface area contributed by atoms with Crippen LogP contribution in [0, 0.1) is 12.8 Å². The zero-order valence-electron chi connectivity index (χ0n) is 11.6. The molecule has 0 aliphatic rings. The first-order chi connectivity index (χ1) is 8.88. The maximum absolute atomic E-state index is 11.7. The number of carboxylic acid groups (broad SMARTS) is 1. The molecule has 4 heteroatoms. The first-order valence-corrected chi connectivity index (χ1v) is 6.46. The summed E-state index contributed by atoms with van der Waals surface area (Å²) in [7, 11) is 0. The highest BCUT2D eigenvalue weighted by molar-refractivity contribution is 5.83. The van der Waals surface area contributed by atoms with Gasteiger partial charge in [-0.15, -0.1) is 0 Å². The molecule has 1 aromatic carbocycles. The third-order valence-electron chi connectivity index (χ3n) is 2.75. The van der Waals surface area contributed by atoms with Gasteiger partial charge < -0.3 is 10.4 Å². The number of amides is 1. The molecule has 0 saturated carbocycles. The van der Waals surface area contributed by atoms with Crippen molar-refractivity contribution in [3.05, 3.63) is 35.4 Å². The normalized spacial score (nSPS) is 12.2. The molecule has 0 radical (unpaired) electrons. The second-order valence-corrected chi connectivity index (χ2v) is 5.25. The Morgan fingerprint density at radius 1 is 1.32 bits per heavy atom. The zero-order chi connectivity index (χ0) is 14.4. The summed E-state index contributed by atoms with van der Waals surface area (Å²) < 4.78 is 0. The second-order valence-electron chi connectivity index (χ2n) is 5.25. The summed E-state index contributed by atoms with van der Waals surface area (Å²) in [4.78, 5) is 22.8. The lowest BCUT2D eigenvalue weighted by molar-refractivity contribution is -0.141. The number of carboxylic acids is 1. The predicted molar refractivity (Wildman–Crippen MR) is 73.9 cm³/mol. The molecule has 1 atom stereocenters. The van der Waals surface area contributed by atoms with Crippen LogP contribution >= 0.6 is 0 Å². The van der Waals surface area contributed by atoms with E-state index in [1.807, 2.05) is 45.0 Å². The van der Waals surface area contributed by atoms with Crippen molar-refractivity contribution in [3.8, 4) is 0 Å². The van der Waals surface area contributed by atoms with E-state index in [2.05, 4.69) is 5.32 Å². The van der Waals surface area contributed by atoms with Gasteiger partial charge >= 0.3 is 5.97 Å². The monoisotopic (exact) mass is 263 g/mol. The minimum Gasteiger partial charge on any atom is -0.480 e. The molecule has 0 aromatic heterocycles. The van der Waals surface area contributed by atoms with Crippen molar-refractivity contribution < 1.29 is 14.7 Å². The molecule has 0 aliphatic heterocycles. The highest BCUT2D eigenvalue weighted by atomic mass is 16.4. The van der Waals surface area contributed by atoms with Gasteiger partial charge in [0.05, 0.1) is 0 Å². The average Bonchev–Trinajstić information content (AvgIpc) is 2.26. The molecule has 0 fully saturated rings. The quantitative estimate of drug-likeness (QED) is 0.826. The van der Waals surface area contributed by atoms with Crippen LogP contribution in [0.15, 0.2) is 24.3 Å². The topological polar surface area (TPSA) is 66.4 Å². The molecular weight excluding hydrogens is 242 g/mol. The smallest absolute Gasteiger partial charge is 0.326 e. The minimum atomic E-state index is -1.00. The number of rotatable bonds is 6. The summed E-state index contributed by atoms with van der Waals surface area (Å²) in [5, 5.41) is 11.7. The molecule has 0 heterocycles. The number of carbonyl (C=O) groups excluding carboxylic acids is 1. The summed E-state index contributed by atoms with van der Waals surface area (Å²) >= 11 is 0. The van der Waals surface area contributed by atoms with Crippen LogP contribution in [0.2, 0.25) is 0 Å². The van der Waals surface area contributed by atoms with E-state index in [4.69, 9.17) is 0 Å². The van der Waals surface area contributed by atoms with Crippen molar-refractivity contribution in [1.29, 1.82) is 0 Å². The predicted octanol–water partition coefficient (Wildman–Crippen LogP) is 2.15. The number of carbonyl (C=O) groups is 2. The summed E-state index contributed by atoms with van der Waals surface area (Å²) in [6.45, 7) is 5.81. The number of nitrogens with one attached hydrogen (secondary N) is 1. The van der Waals surface area contributed by atoms with Gasteiger partial charge in [-0.3, -0.25) is 4.79 Å². The first-order valence-electron chi connectivity index (χ1n) is 6.46. The van der Waals surface area contributed by atoms with E-state index in [0.29, 0.717) is 12.8 Å². The molecule has 1 rings (SSSR count). The standard InChI is InChI=1S/C15H21NO3/c1-10(2)7-14(17)16-13(15(18)19)9-12-6-4-5-11(3)8-12/h4-6,8,10,13H,7,9H2,1-3H3,(H,16,17)(H,18,19)/t13-/m1/s1. The Bertz CT molecular complexity index is 454. The second kappa shape index (κ2) is 6.92. The van der Waals surface area contributed by atoms with Crippen LogP contribution in [-0.2, 0) is 16.0 Å². The van der Waals surface area contributed by atoms with Crippen molar-refractivity contribution in [2.24, 2.45) is 5.92 Å². The Labute approximate surface area is 113 Å². The third-order valence-corrected chi connectivity index (χ3v) is 2.75. The van der Waals surface area contributed by atoms with Gasteiger partial charge in [-0.25, -0.2) is 4.79 Å². The number of hydrogen-bond donors (Lipinski definition) is 2. The molecule has 0 saturated heterocycles. The zero-order valence-corrected chi connectivity index (χ0v) is 11.6. The van der Waals surface area contributed by atoms with Gasteiger partial charge in [0, 0.05) is 12.8 Å². The maximum atomic E-state index is 11.7. The fourth-order valence-electron chi connectivity index (χ4n) is 1.90. The Morgan fingerprint density at radius 2 is 2.00 bits per heavy atom. The van der Waals surface area contributed by atoms with Gasteiger partial charge in [0.1, 0.15) is 6.04 Å². The first kappa shape index (κ1) is 15.2. The largest absolute Gasteiger partial charge is 0.480 e. The SMILES string of the molecule is Cc1cccc(C[C@@H](NC(=O)CC(C)C)C(=O)O)c1. The van der Waals surface area contributed by atoms with E-state index >= 15 is 0 Å². The maximum Gasteiger partial charge on any atom is 0.326 e. The van der Waals surface area contributed by atoms with Crippen molar-refractivity contribution in [1.82, 2.24) is 5.32 Å². The van der Waals surface area contributed by atoms with E-state index < -0.39 is 12.0 Å². The Kier molecular flexibility index (Phi) is 5.55. The van der Waals surface area contributed by atoms with Gasteiger partial charge in [-0.2, -0.15) is 0 Å². The molecule has 1 aromatic rings. The molecule has 0 aliphatic carbocycles. The average molecular weight is 263 g/mol. The molecule has 4 nitrogen and oxygen atoms in total. The number of aryl methyl sites for hydroxylation is 1. The molecule has 2 N–H and O–H groups in total. The Balaban J connectivity index is 2.68. The van der Waals surface area contributed by atoms with Crippen LogP contribution < -0.4 is 5.32 Å². The van der Waals surface area contributed by atoms with Gasteiger partial charge in [0.2, 0.25) is 5.91 Å². The van der Waals surface area contributed by atoms with E-state index in [-0.39, 0.29) is 11.8 Å². The van der Waals surface area contributed by atoms with Crippen LogP contribution in [0.4, 0.5) is 0 Å². The molecule has 0 unspecified atom stereocenters. The lowest BCUT2D eigenvalue weighted by Crippen LogP contribution is -2.42. The summed E-state index contributed by atoms with van der Waals surface area (Å²) in [6, 6.07) is 6.78. The molecule has 19 heavy (non-hydrogen) atoms. The number of aliphatic carboxylic acids is 1. The van der Waals surface area contributed by atoms with E-state index in [1.54, 1.807) is 0 Å². The van der Waals surface area contributed by atoms with Crippen LogP contribution in [0.3, 0.4) is 0 Å². The molecule has 0 spiro atoms. The van der Waals surface area contributed by atoms with E-state index in [0.717, 1.165) is 11.1 Å². The molecule has 1 amide bonds. The van der Waals surface area contributed by atoms with Crippen LogP contribution in [-0.4, -0.2) is 23.0 Å². The van der Waals surface area contributed by atoms with Crippen LogP contribution in [0.5, 0.6) is 0 Å². The van der Waals surface area contributed by atoms with Crippen molar-refractivity contribution in [2.45, 2.75) is 39.7 Å². The lowest BCUT2D eigenvalue weighted by atomic mass is 10.0. The molecule has 0 bridgehead atoms. The fraction of sp³-hybridized carbons (Fsp3) is 0.467. The third kappa shape index (κ3) is 5.55. The van der Waals surface area contributed by atoms with E-state index in [1.165, 1.54) is 0 Å². The fourth-order valence-corrected chi connectivity index (χ4v) is 1.90. The van der Waals surface area contributed by atoms with Crippen LogP contribution in [0.25, 0.3) is 0 Å². The Morgan fingerprint density at radius 3 is 2.53 bits per heavy atom. The highest BCUT2D eigenvalue weighted by Gasteiger charge is 2.20. The van der Waals surface area contributed by atoms with Crippen molar-refractivity contribution in [2.75, 3.05) is 0 Å². The van der Waals surface area contributed by atoms with Gasteiger partial charge in [0.25, 0.3) is 0 Å². The lowest BCUT2D eigenvalue weighted by Gasteiger charge is -2.15. The minimum absolute atomic E-state index is 0.213. The van der Waals surface area contributed by atoms with Crippen molar-refractivity contribution in [3.63, 3.8) is 0 Å². The van der Waals surface area contributed by atoms with Gasteiger partial charge in [-0.05, 0) is 18.4 Å². The molecule has 104 valence electrons. The Hall–Kier alpha value is -1.84. The summed E-state index contributed by atoms with van der Waals surface area (Å²) in [5.74, 6) is -0.998. The highest BCUT2D eigenvalue weighted by Crippen LogP contribution is 2.08. The van der Waals surface area contributed by atoms with Gasteiger partial charge in [0.15, 0.2) is 0 Å². The van der Waals surface area contributed by atoms with Crippen molar-refractivity contribution >= 4 is 11.9 Å². The van der Waals surface area contributed by atoms with E-state index in [9.17, 15) is 14.7 Å². The summed E-state index contributed by atoms with van der Waals surface area (Å²) in [6.07, 6.45) is 0.651. The molecular formula is C15H21NO3. The number of benzene rings is 1. The summed E-state index contributed by atoms with van der Waals surface area (Å²) in [5.41, 5.74) is 1.99. The van der Waals surface area contributed by atoms with Crippen LogP contribution in [0.1, 0.15) is 31.4 Å². The number of hydrogen-bond acceptors (Lipinski definition) is 2.